The first kappa shape index (κ1) is 20.4. The molecule has 0 atom stereocenters. The van der Waals surface area contributed by atoms with Crippen molar-refractivity contribution in [3.05, 3.63) is 0 Å². The van der Waals surface area contributed by atoms with E-state index in [1.54, 1.807) is 0 Å². The smallest absolute Gasteiger partial charge is 0.224 e. The fraction of sp³-hybridized carbons (Fsp3) is 0.941. The van der Waals surface area contributed by atoms with Crippen molar-refractivity contribution in [3.8, 4) is 0 Å². The molecule has 0 unspecified atom stereocenters. The zero-order valence-corrected chi connectivity index (χ0v) is 14.7. The second-order valence-corrected chi connectivity index (χ2v) is 6.27. The van der Waals surface area contributed by atoms with E-state index in [1.165, 1.54) is 0 Å². The van der Waals surface area contributed by atoms with Crippen molar-refractivity contribution in [3.63, 3.8) is 0 Å². The quantitative estimate of drug-likeness (QED) is 0.546. The van der Waals surface area contributed by atoms with Gasteiger partial charge in [0.25, 0.3) is 0 Å². The van der Waals surface area contributed by atoms with Crippen molar-refractivity contribution in [2.24, 2.45) is 11.8 Å². The first-order chi connectivity index (χ1) is 11.1. The highest BCUT2D eigenvalue weighted by molar-refractivity contribution is 5.76. The number of piperidine rings is 1. The van der Waals surface area contributed by atoms with E-state index in [4.69, 9.17) is 19.3 Å². The number of hydrogen-bond donors (Lipinski definition) is 1. The first-order valence-corrected chi connectivity index (χ1v) is 8.77. The summed E-state index contributed by atoms with van der Waals surface area (Å²) in [7, 11) is 0. The summed E-state index contributed by atoms with van der Waals surface area (Å²) in [5, 5.41) is 8.53. The molecule has 0 radical (unpaired) electrons. The van der Waals surface area contributed by atoms with Crippen molar-refractivity contribution in [1.82, 2.24) is 4.90 Å². The minimum absolute atomic E-state index is 0.0340. The Labute approximate surface area is 140 Å². The average molecular weight is 331 g/mol. The maximum atomic E-state index is 12.1. The van der Waals surface area contributed by atoms with Gasteiger partial charge in [0.15, 0.2) is 0 Å². The Kier molecular flexibility index (Phi) is 11.2. The maximum Gasteiger partial charge on any atom is 0.224 e. The lowest BCUT2D eigenvalue weighted by Gasteiger charge is -2.34. The minimum Gasteiger partial charge on any atom is -0.394 e. The van der Waals surface area contributed by atoms with Crippen molar-refractivity contribution < 1.29 is 24.1 Å². The Morgan fingerprint density at radius 3 is 2.04 bits per heavy atom. The normalized spacial score (nSPS) is 16.3. The van der Waals surface area contributed by atoms with E-state index in [0.29, 0.717) is 52.0 Å². The van der Waals surface area contributed by atoms with Gasteiger partial charge in [-0.3, -0.25) is 4.79 Å². The molecule has 0 aromatic rings. The fourth-order valence-corrected chi connectivity index (χ4v) is 2.74. The molecule has 1 aliphatic rings. The van der Waals surface area contributed by atoms with Gasteiger partial charge < -0.3 is 24.2 Å². The van der Waals surface area contributed by atoms with Gasteiger partial charge in [0.05, 0.1) is 52.7 Å². The van der Waals surface area contributed by atoms with Crippen molar-refractivity contribution in [2.75, 3.05) is 59.3 Å². The summed E-state index contributed by atoms with van der Waals surface area (Å²) in [5.74, 6) is 1.67. The Balaban J connectivity index is 1.93. The van der Waals surface area contributed by atoms with Crippen LogP contribution in [0, 0.1) is 11.8 Å². The zero-order valence-electron chi connectivity index (χ0n) is 14.7. The fourth-order valence-electron chi connectivity index (χ4n) is 2.74. The van der Waals surface area contributed by atoms with Gasteiger partial charge in [-0.05, 0) is 24.7 Å². The van der Waals surface area contributed by atoms with Gasteiger partial charge in [0.2, 0.25) is 5.91 Å². The zero-order chi connectivity index (χ0) is 16.9. The van der Waals surface area contributed by atoms with Gasteiger partial charge in [-0.2, -0.15) is 0 Å². The lowest BCUT2D eigenvalue weighted by atomic mass is 9.86. The van der Waals surface area contributed by atoms with E-state index in [1.807, 2.05) is 4.90 Å². The highest BCUT2D eigenvalue weighted by atomic mass is 16.5. The number of hydrogen-bond acceptors (Lipinski definition) is 5. The topological polar surface area (TPSA) is 68.2 Å². The van der Waals surface area contributed by atoms with E-state index in [0.717, 1.165) is 31.8 Å². The molecule has 1 aliphatic heterocycles. The van der Waals surface area contributed by atoms with Crippen LogP contribution in [0.3, 0.4) is 0 Å². The predicted molar refractivity (Wildman–Crippen MR) is 88.3 cm³/mol. The van der Waals surface area contributed by atoms with Gasteiger partial charge in [-0.25, -0.2) is 0 Å². The number of carbonyl (C=O) groups excluding carboxylic acids is 1. The van der Waals surface area contributed by atoms with Crippen molar-refractivity contribution >= 4 is 5.91 Å². The molecule has 1 N–H and O–H groups in total. The third-order valence-electron chi connectivity index (χ3n) is 4.28. The Morgan fingerprint density at radius 2 is 1.52 bits per heavy atom. The second kappa shape index (κ2) is 12.7. The lowest BCUT2D eigenvalue weighted by molar-refractivity contribution is -0.134. The summed E-state index contributed by atoms with van der Waals surface area (Å²) in [6, 6.07) is 0. The van der Waals surface area contributed by atoms with Crippen LogP contribution in [0.5, 0.6) is 0 Å². The van der Waals surface area contributed by atoms with Crippen LogP contribution in [-0.2, 0) is 19.0 Å². The Bertz CT molecular complexity index is 303. The second-order valence-electron chi connectivity index (χ2n) is 6.27. The number of nitrogens with zero attached hydrogens (tertiary/aromatic N) is 1. The van der Waals surface area contributed by atoms with Crippen LogP contribution in [0.4, 0.5) is 0 Å². The standard InChI is InChI=1S/C17H33NO5/c1-15(2)16-3-6-18(7-4-16)17(20)5-9-21-11-13-23-14-12-22-10-8-19/h15-16,19H,3-14H2,1-2H3. The summed E-state index contributed by atoms with van der Waals surface area (Å²) < 4.78 is 15.8. The van der Waals surface area contributed by atoms with E-state index >= 15 is 0 Å². The van der Waals surface area contributed by atoms with Crippen LogP contribution in [0.2, 0.25) is 0 Å². The van der Waals surface area contributed by atoms with Crippen LogP contribution in [-0.4, -0.2) is 75.3 Å². The number of aliphatic hydroxyl groups is 1. The SMILES string of the molecule is CC(C)C1CCN(C(=O)CCOCCOCCOCCO)CC1. The number of aliphatic hydroxyl groups excluding tert-OH is 1. The molecule has 6 nitrogen and oxygen atoms in total. The molecule has 0 spiro atoms. The number of likely N-dealkylation sites (tertiary alicyclic amines) is 1. The summed E-state index contributed by atoms with van der Waals surface area (Å²) in [6.45, 7) is 9.08. The van der Waals surface area contributed by atoms with E-state index in [-0.39, 0.29) is 12.5 Å². The molecule has 0 aliphatic carbocycles. The first-order valence-electron chi connectivity index (χ1n) is 8.77. The number of ether oxygens (including phenoxy) is 3. The van der Waals surface area contributed by atoms with E-state index in [9.17, 15) is 4.79 Å². The molecule has 1 fully saturated rings. The highest BCUT2D eigenvalue weighted by Crippen LogP contribution is 2.24. The van der Waals surface area contributed by atoms with Crippen LogP contribution in [0.15, 0.2) is 0 Å². The molecule has 136 valence electrons. The molecule has 0 aromatic heterocycles. The third-order valence-corrected chi connectivity index (χ3v) is 4.28. The van der Waals surface area contributed by atoms with Crippen molar-refractivity contribution in [2.45, 2.75) is 33.1 Å². The third kappa shape index (κ3) is 9.25. The predicted octanol–water partition coefficient (Wildman–Crippen LogP) is 1.31. The summed E-state index contributed by atoms with van der Waals surface area (Å²) in [6.07, 6.45) is 2.69. The van der Waals surface area contributed by atoms with Crippen LogP contribution in [0.1, 0.15) is 33.1 Å². The number of rotatable bonds is 12. The van der Waals surface area contributed by atoms with Crippen LogP contribution in [0.25, 0.3) is 0 Å². The van der Waals surface area contributed by atoms with E-state index in [2.05, 4.69) is 13.8 Å². The molecule has 0 bridgehead atoms. The van der Waals surface area contributed by atoms with Gasteiger partial charge in [-0.1, -0.05) is 13.8 Å². The molecule has 1 saturated heterocycles. The molecule has 1 rings (SSSR count). The average Bonchev–Trinajstić information content (AvgIpc) is 2.56. The number of carbonyl (C=O) groups is 1. The molecule has 1 amide bonds. The molecule has 1 heterocycles. The molecule has 23 heavy (non-hydrogen) atoms. The summed E-state index contributed by atoms with van der Waals surface area (Å²) in [4.78, 5) is 14.1. The summed E-state index contributed by atoms with van der Waals surface area (Å²) in [5.41, 5.74) is 0. The van der Waals surface area contributed by atoms with Crippen molar-refractivity contribution in [1.29, 1.82) is 0 Å². The molecule has 0 aromatic carbocycles. The molecular formula is C17H33NO5. The number of amides is 1. The van der Waals surface area contributed by atoms with Gasteiger partial charge in [-0.15, -0.1) is 0 Å². The molecule has 6 heteroatoms. The minimum atomic E-state index is 0.0340. The Morgan fingerprint density at radius 1 is 1.00 bits per heavy atom. The largest absolute Gasteiger partial charge is 0.394 e. The summed E-state index contributed by atoms with van der Waals surface area (Å²) >= 11 is 0. The maximum absolute atomic E-state index is 12.1. The van der Waals surface area contributed by atoms with E-state index < -0.39 is 0 Å². The van der Waals surface area contributed by atoms with Gasteiger partial charge in [0.1, 0.15) is 0 Å². The monoisotopic (exact) mass is 331 g/mol. The molecule has 0 saturated carbocycles. The van der Waals surface area contributed by atoms with Gasteiger partial charge in [0, 0.05) is 13.1 Å². The van der Waals surface area contributed by atoms with Crippen LogP contribution < -0.4 is 0 Å². The molecular weight excluding hydrogens is 298 g/mol. The van der Waals surface area contributed by atoms with Crippen LogP contribution >= 0.6 is 0 Å². The lowest BCUT2D eigenvalue weighted by Crippen LogP contribution is -2.39. The highest BCUT2D eigenvalue weighted by Gasteiger charge is 2.24. The Hall–Kier alpha value is -0.690. The van der Waals surface area contributed by atoms with Gasteiger partial charge >= 0.3 is 0 Å².